The zero-order valence-corrected chi connectivity index (χ0v) is 14.1. The van der Waals surface area contributed by atoms with Crippen molar-refractivity contribution in [3.05, 3.63) is 47.3 Å². The average molecular weight is 330 g/mol. The van der Waals surface area contributed by atoms with Crippen LogP contribution < -0.4 is 11.1 Å². The van der Waals surface area contributed by atoms with Gasteiger partial charge in [0.15, 0.2) is 0 Å². The Labute approximate surface area is 140 Å². The van der Waals surface area contributed by atoms with Gasteiger partial charge in [-0.05, 0) is 37.6 Å². The number of amides is 1. The zero-order chi connectivity index (χ0) is 17.7. The molecule has 2 aromatic rings. The molecule has 0 spiro atoms. The highest BCUT2D eigenvalue weighted by Gasteiger charge is 2.19. The Morgan fingerprint density at radius 2 is 2.08 bits per heavy atom. The molecule has 1 amide bonds. The standard InChI is InChI=1S/C17H22N4O3/c1-11-7-12(2)21(20-11)14-6-4-5-13(8-14)15(9-17(23)24-3)19-16(22)10-18/h4-8,15H,9-10,18H2,1-3H3,(H,19,22)/t15-/m0/s1. The Balaban J connectivity index is 2.35. The molecule has 0 aliphatic rings. The van der Waals surface area contributed by atoms with E-state index < -0.39 is 12.0 Å². The summed E-state index contributed by atoms with van der Waals surface area (Å²) < 4.78 is 6.53. The van der Waals surface area contributed by atoms with Gasteiger partial charge < -0.3 is 15.8 Å². The minimum atomic E-state index is -0.509. The third-order valence-electron chi connectivity index (χ3n) is 3.65. The number of methoxy groups -OCH3 is 1. The van der Waals surface area contributed by atoms with E-state index in [-0.39, 0.29) is 18.9 Å². The number of ether oxygens (including phenoxy) is 1. The van der Waals surface area contributed by atoms with Crippen LogP contribution in [0.2, 0.25) is 0 Å². The molecule has 1 aromatic heterocycles. The summed E-state index contributed by atoms with van der Waals surface area (Å²) >= 11 is 0. The maximum Gasteiger partial charge on any atom is 0.307 e. The number of rotatable bonds is 6. The fourth-order valence-corrected chi connectivity index (χ4v) is 2.52. The highest BCUT2D eigenvalue weighted by atomic mass is 16.5. The van der Waals surface area contributed by atoms with Crippen molar-refractivity contribution in [2.75, 3.05) is 13.7 Å². The van der Waals surface area contributed by atoms with Gasteiger partial charge in [-0.2, -0.15) is 5.10 Å². The van der Waals surface area contributed by atoms with Gasteiger partial charge in [0.2, 0.25) is 5.91 Å². The highest BCUT2D eigenvalue weighted by Crippen LogP contribution is 2.21. The number of carbonyl (C=O) groups is 2. The molecule has 0 saturated carbocycles. The minimum absolute atomic E-state index is 0.0306. The van der Waals surface area contributed by atoms with E-state index in [0.717, 1.165) is 22.6 Å². The fourth-order valence-electron chi connectivity index (χ4n) is 2.52. The van der Waals surface area contributed by atoms with Crippen molar-refractivity contribution in [1.29, 1.82) is 0 Å². The van der Waals surface area contributed by atoms with E-state index in [1.165, 1.54) is 7.11 Å². The third-order valence-corrected chi connectivity index (χ3v) is 3.65. The molecule has 24 heavy (non-hydrogen) atoms. The van der Waals surface area contributed by atoms with Gasteiger partial charge in [-0.25, -0.2) is 4.68 Å². The molecular weight excluding hydrogens is 308 g/mol. The average Bonchev–Trinajstić information content (AvgIpc) is 2.92. The van der Waals surface area contributed by atoms with Crippen LogP contribution in [0.5, 0.6) is 0 Å². The monoisotopic (exact) mass is 330 g/mol. The molecule has 0 aliphatic heterocycles. The van der Waals surface area contributed by atoms with Crippen molar-refractivity contribution in [3.63, 3.8) is 0 Å². The maximum absolute atomic E-state index is 11.7. The number of carbonyl (C=O) groups excluding carboxylic acids is 2. The number of nitrogens with two attached hydrogens (primary N) is 1. The molecule has 0 unspecified atom stereocenters. The minimum Gasteiger partial charge on any atom is -0.469 e. The molecule has 0 saturated heterocycles. The first-order valence-corrected chi connectivity index (χ1v) is 7.64. The van der Waals surface area contributed by atoms with Crippen molar-refractivity contribution in [1.82, 2.24) is 15.1 Å². The number of hydrogen-bond acceptors (Lipinski definition) is 5. The van der Waals surface area contributed by atoms with Crippen LogP contribution >= 0.6 is 0 Å². The molecule has 3 N–H and O–H groups in total. The van der Waals surface area contributed by atoms with Gasteiger partial charge in [-0.1, -0.05) is 12.1 Å². The van der Waals surface area contributed by atoms with Crippen molar-refractivity contribution in [2.45, 2.75) is 26.3 Å². The predicted molar refractivity (Wildman–Crippen MR) is 89.6 cm³/mol. The van der Waals surface area contributed by atoms with Gasteiger partial charge in [-0.3, -0.25) is 9.59 Å². The van der Waals surface area contributed by atoms with Crippen LogP contribution in [0.15, 0.2) is 30.3 Å². The summed E-state index contributed by atoms with van der Waals surface area (Å²) in [7, 11) is 1.32. The summed E-state index contributed by atoms with van der Waals surface area (Å²) in [5.41, 5.74) is 8.92. The van der Waals surface area contributed by atoms with Crippen LogP contribution in [-0.2, 0) is 14.3 Å². The lowest BCUT2D eigenvalue weighted by Gasteiger charge is -2.19. The first kappa shape index (κ1) is 17.7. The molecule has 1 atom stereocenters. The van der Waals surface area contributed by atoms with Gasteiger partial charge in [0.1, 0.15) is 0 Å². The number of aromatic nitrogens is 2. The molecule has 128 valence electrons. The van der Waals surface area contributed by atoms with Crippen molar-refractivity contribution in [3.8, 4) is 5.69 Å². The summed E-state index contributed by atoms with van der Waals surface area (Å²) in [5, 5.41) is 7.21. The predicted octanol–water partition coefficient (Wildman–Crippen LogP) is 1.17. The van der Waals surface area contributed by atoms with Crippen molar-refractivity contribution >= 4 is 11.9 Å². The highest BCUT2D eigenvalue weighted by molar-refractivity contribution is 5.79. The van der Waals surface area contributed by atoms with Gasteiger partial charge in [0.25, 0.3) is 0 Å². The molecule has 1 heterocycles. The molecule has 2 rings (SSSR count). The molecule has 0 radical (unpaired) electrons. The molecule has 0 bridgehead atoms. The van der Waals surface area contributed by atoms with E-state index in [4.69, 9.17) is 10.5 Å². The first-order chi connectivity index (χ1) is 11.4. The molecule has 0 aliphatic carbocycles. The van der Waals surface area contributed by atoms with Crippen molar-refractivity contribution < 1.29 is 14.3 Å². The quantitative estimate of drug-likeness (QED) is 0.775. The smallest absolute Gasteiger partial charge is 0.307 e. The summed E-state index contributed by atoms with van der Waals surface area (Å²) in [6, 6.07) is 8.99. The van der Waals surface area contributed by atoms with Gasteiger partial charge in [-0.15, -0.1) is 0 Å². The number of nitrogens with zero attached hydrogens (tertiary/aromatic N) is 2. The van der Waals surface area contributed by atoms with Gasteiger partial charge in [0, 0.05) is 5.69 Å². The van der Waals surface area contributed by atoms with Gasteiger partial charge >= 0.3 is 5.97 Å². The Kier molecular flexibility index (Phi) is 5.70. The van der Waals surface area contributed by atoms with Crippen LogP contribution in [0.4, 0.5) is 0 Å². The number of aryl methyl sites for hydroxylation is 2. The van der Waals surface area contributed by atoms with Crippen molar-refractivity contribution in [2.24, 2.45) is 5.73 Å². The first-order valence-electron chi connectivity index (χ1n) is 7.64. The lowest BCUT2D eigenvalue weighted by atomic mass is 10.0. The zero-order valence-electron chi connectivity index (χ0n) is 14.1. The number of nitrogens with one attached hydrogen (secondary N) is 1. The number of hydrogen-bond donors (Lipinski definition) is 2. The van der Waals surface area contributed by atoms with E-state index in [2.05, 4.69) is 10.4 Å². The number of benzene rings is 1. The van der Waals surface area contributed by atoms with E-state index in [1.54, 1.807) is 0 Å². The maximum atomic E-state index is 11.7. The topological polar surface area (TPSA) is 99.2 Å². The molecular formula is C17H22N4O3. The normalized spacial score (nSPS) is 11.8. The van der Waals surface area contributed by atoms with Gasteiger partial charge in [0.05, 0.1) is 37.5 Å². The Morgan fingerprint density at radius 1 is 1.33 bits per heavy atom. The van der Waals surface area contributed by atoms with Crippen LogP contribution in [0.3, 0.4) is 0 Å². The lowest BCUT2D eigenvalue weighted by Crippen LogP contribution is -2.35. The van der Waals surface area contributed by atoms with Crippen LogP contribution in [0, 0.1) is 13.8 Å². The number of esters is 1. The third kappa shape index (κ3) is 4.20. The van der Waals surface area contributed by atoms with Crippen LogP contribution in [-0.4, -0.2) is 35.3 Å². The molecule has 0 fully saturated rings. The van der Waals surface area contributed by atoms with E-state index in [9.17, 15) is 9.59 Å². The summed E-state index contributed by atoms with van der Waals surface area (Å²) in [6.07, 6.45) is 0.0306. The SMILES string of the molecule is COC(=O)C[C@H](NC(=O)CN)c1cccc(-n2nc(C)cc2C)c1. The Hall–Kier alpha value is -2.67. The molecule has 7 nitrogen and oxygen atoms in total. The summed E-state index contributed by atoms with van der Waals surface area (Å²) in [6.45, 7) is 3.75. The fraction of sp³-hybridized carbons (Fsp3) is 0.353. The van der Waals surface area contributed by atoms with E-state index in [1.807, 2.05) is 48.9 Å². The second kappa shape index (κ2) is 7.74. The van der Waals surface area contributed by atoms with E-state index >= 15 is 0 Å². The Bertz CT molecular complexity index is 721. The molecule has 1 aromatic carbocycles. The van der Waals surface area contributed by atoms with Crippen LogP contribution in [0.25, 0.3) is 5.69 Å². The lowest BCUT2D eigenvalue weighted by molar-refractivity contribution is -0.141. The largest absolute Gasteiger partial charge is 0.469 e. The summed E-state index contributed by atoms with van der Waals surface area (Å²) in [5.74, 6) is -0.741. The summed E-state index contributed by atoms with van der Waals surface area (Å²) in [4.78, 5) is 23.3. The second-order valence-electron chi connectivity index (χ2n) is 5.54. The second-order valence-corrected chi connectivity index (χ2v) is 5.54. The molecule has 7 heteroatoms. The Morgan fingerprint density at radius 3 is 2.67 bits per heavy atom. The van der Waals surface area contributed by atoms with E-state index in [0.29, 0.717) is 0 Å². The van der Waals surface area contributed by atoms with Crippen LogP contribution in [0.1, 0.15) is 29.4 Å².